The van der Waals surface area contributed by atoms with Crippen molar-refractivity contribution in [2.24, 2.45) is 0 Å². The molecule has 6 aromatic carbocycles. The SMILES string of the molecule is C1=Cc2c(c3ccccc3n2C2=Cc3c(c4ccccc4c4c5ccccc5c5ccccc5c34)CC2)CC1. The highest BCUT2D eigenvalue weighted by Crippen LogP contribution is 2.46. The molecule has 184 valence electrons. The van der Waals surface area contributed by atoms with E-state index in [-0.39, 0.29) is 0 Å². The summed E-state index contributed by atoms with van der Waals surface area (Å²) >= 11 is 0. The van der Waals surface area contributed by atoms with Crippen molar-refractivity contribution in [3.63, 3.8) is 0 Å². The molecule has 9 rings (SSSR count). The molecular weight excluding hydrogens is 470 g/mol. The molecule has 0 N–H and O–H groups in total. The van der Waals surface area contributed by atoms with Crippen LogP contribution in [0, 0.1) is 0 Å². The lowest BCUT2D eigenvalue weighted by atomic mass is 9.82. The minimum absolute atomic E-state index is 1.03. The van der Waals surface area contributed by atoms with Crippen LogP contribution in [0.5, 0.6) is 0 Å². The van der Waals surface area contributed by atoms with Gasteiger partial charge in [-0.3, -0.25) is 0 Å². The minimum Gasteiger partial charge on any atom is -0.313 e. The van der Waals surface area contributed by atoms with Gasteiger partial charge in [-0.2, -0.15) is 0 Å². The Morgan fingerprint density at radius 1 is 0.487 bits per heavy atom. The maximum atomic E-state index is 2.56. The molecule has 1 heteroatoms. The second-order valence-electron chi connectivity index (χ2n) is 11.1. The van der Waals surface area contributed by atoms with E-state index in [0.29, 0.717) is 0 Å². The predicted octanol–water partition coefficient (Wildman–Crippen LogP) is 10.2. The minimum atomic E-state index is 1.03. The van der Waals surface area contributed by atoms with Crippen LogP contribution in [0.3, 0.4) is 0 Å². The van der Waals surface area contributed by atoms with Gasteiger partial charge in [0.25, 0.3) is 0 Å². The number of aromatic nitrogens is 1. The second-order valence-corrected chi connectivity index (χ2v) is 11.1. The van der Waals surface area contributed by atoms with Crippen molar-refractivity contribution in [1.82, 2.24) is 4.57 Å². The maximum Gasteiger partial charge on any atom is 0.0534 e. The topological polar surface area (TPSA) is 4.93 Å². The van der Waals surface area contributed by atoms with Gasteiger partial charge in [0.1, 0.15) is 0 Å². The summed E-state index contributed by atoms with van der Waals surface area (Å²) in [7, 11) is 0. The molecule has 39 heavy (non-hydrogen) atoms. The zero-order chi connectivity index (χ0) is 25.5. The Morgan fingerprint density at radius 2 is 1.08 bits per heavy atom. The monoisotopic (exact) mass is 497 g/mol. The van der Waals surface area contributed by atoms with E-state index in [1.807, 2.05) is 0 Å². The summed E-state index contributed by atoms with van der Waals surface area (Å²) < 4.78 is 2.56. The Hall–Kier alpha value is -4.62. The van der Waals surface area contributed by atoms with Crippen molar-refractivity contribution in [1.29, 1.82) is 0 Å². The van der Waals surface area contributed by atoms with Gasteiger partial charge in [-0.15, -0.1) is 0 Å². The highest BCUT2D eigenvalue weighted by molar-refractivity contribution is 6.34. The van der Waals surface area contributed by atoms with Crippen LogP contribution in [0.1, 0.15) is 35.2 Å². The zero-order valence-electron chi connectivity index (χ0n) is 21.7. The van der Waals surface area contributed by atoms with Gasteiger partial charge in [0.2, 0.25) is 0 Å². The number of allylic oxidation sites excluding steroid dienone is 2. The molecule has 0 saturated heterocycles. The number of aryl methyl sites for hydroxylation is 2. The Labute approximate surface area is 227 Å². The molecule has 0 spiro atoms. The lowest BCUT2D eigenvalue weighted by Gasteiger charge is -2.25. The smallest absolute Gasteiger partial charge is 0.0534 e. The molecule has 0 fully saturated rings. The first kappa shape index (κ1) is 21.3. The van der Waals surface area contributed by atoms with Gasteiger partial charge in [0, 0.05) is 16.8 Å². The molecule has 0 aliphatic heterocycles. The molecule has 1 nitrogen and oxygen atoms in total. The average molecular weight is 498 g/mol. The van der Waals surface area contributed by atoms with E-state index >= 15 is 0 Å². The quantitative estimate of drug-likeness (QED) is 0.199. The van der Waals surface area contributed by atoms with E-state index in [4.69, 9.17) is 0 Å². The third-order valence-electron chi connectivity index (χ3n) is 9.14. The van der Waals surface area contributed by atoms with Gasteiger partial charge in [-0.1, -0.05) is 97.1 Å². The fourth-order valence-corrected chi connectivity index (χ4v) is 7.55. The summed E-state index contributed by atoms with van der Waals surface area (Å²) in [6.45, 7) is 0. The number of hydrogen-bond acceptors (Lipinski definition) is 0. The van der Waals surface area contributed by atoms with E-state index in [2.05, 4.69) is 120 Å². The summed E-state index contributed by atoms with van der Waals surface area (Å²) in [4.78, 5) is 0. The highest BCUT2D eigenvalue weighted by atomic mass is 15.0. The standard InChI is InChI=1S/C38H27N/c1-4-16-31-25(11-1)26-12-2-6-18-33(26)38-34-23-24(21-22-28(34)27-13-3-5-17-32(27)37(31)38)39-35-19-9-7-14-29(35)30-15-8-10-20-36(30)39/h1-7,9-14,16-20,23H,8,15,21-22H2. The van der Waals surface area contributed by atoms with Crippen LogP contribution in [0.15, 0.2) is 103 Å². The zero-order valence-corrected chi connectivity index (χ0v) is 21.7. The Balaban J connectivity index is 1.48. The summed E-state index contributed by atoms with van der Waals surface area (Å²) in [5, 5.41) is 12.3. The maximum absolute atomic E-state index is 2.56. The third-order valence-corrected chi connectivity index (χ3v) is 9.14. The van der Waals surface area contributed by atoms with E-state index in [0.717, 1.165) is 25.7 Å². The first-order chi connectivity index (χ1) is 19.4. The van der Waals surface area contributed by atoms with Gasteiger partial charge in [0.15, 0.2) is 0 Å². The molecule has 7 aromatic rings. The molecule has 2 aliphatic rings. The lowest BCUT2D eigenvalue weighted by Crippen LogP contribution is -2.08. The fourth-order valence-electron chi connectivity index (χ4n) is 7.55. The van der Waals surface area contributed by atoms with Crippen molar-refractivity contribution in [2.45, 2.75) is 25.7 Å². The number of hydrogen-bond donors (Lipinski definition) is 0. The molecule has 1 heterocycles. The van der Waals surface area contributed by atoms with Crippen LogP contribution in [-0.4, -0.2) is 4.57 Å². The van der Waals surface area contributed by atoms with Crippen LogP contribution in [0.25, 0.3) is 71.8 Å². The summed E-state index contributed by atoms with van der Waals surface area (Å²) in [6, 6.07) is 36.0. The van der Waals surface area contributed by atoms with Crippen LogP contribution in [0.2, 0.25) is 0 Å². The normalized spacial score (nSPS) is 14.8. The van der Waals surface area contributed by atoms with Crippen LogP contribution < -0.4 is 0 Å². The van der Waals surface area contributed by atoms with Crippen LogP contribution in [0.4, 0.5) is 0 Å². The van der Waals surface area contributed by atoms with Crippen LogP contribution >= 0.6 is 0 Å². The molecule has 0 radical (unpaired) electrons. The highest BCUT2D eigenvalue weighted by Gasteiger charge is 2.25. The number of para-hydroxylation sites is 1. The Bertz CT molecular complexity index is 2220. The van der Waals surface area contributed by atoms with E-state index in [1.54, 1.807) is 0 Å². The first-order valence-electron chi connectivity index (χ1n) is 14.1. The summed E-state index contributed by atoms with van der Waals surface area (Å²) in [5.74, 6) is 0. The fraction of sp³-hybridized carbons (Fsp3) is 0.105. The van der Waals surface area contributed by atoms with Crippen molar-refractivity contribution >= 4 is 71.8 Å². The van der Waals surface area contributed by atoms with Gasteiger partial charge in [-0.25, -0.2) is 0 Å². The third kappa shape index (κ3) is 2.85. The van der Waals surface area contributed by atoms with Crippen molar-refractivity contribution in [2.75, 3.05) is 0 Å². The molecule has 0 saturated carbocycles. The molecular formula is C38H27N. The Kier molecular flexibility index (Phi) is 4.34. The Morgan fingerprint density at radius 3 is 1.82 bits per heavy atom. The summed E-state index contributed by atoms with van der Waals surface area (Å²) in [6.07, 6.45) is 11.6. The van der Waals surface area contributed by atoms with Crippen molar-refractivity contribution < 1.29 is 0 Å². The predicted molar refractivity (Wildman–Crippen MR) is 168 cm³/mol. The second kappa shape index (κ2) is 7.94. The lowest BCUT2D eigenvalue weighted by molar-refractivity contribution is 0.920. The van der Waals surface area contributed by atoms with Gasteiger partial charge in [-0.05, 0) is 104 Å². The average Bonchev–Trinajstić information content (AvgIpc) is 3.35. The van der Waals surface area contributed by atoms with Gasteiger partial charge in [0.05, 0.1) is 5.52 Å². The van der Waals surface area contributed by atoms with Crippen molar-refractivity contribution in [3.05, 3.63) is 126 Å². The van der Waals surface area contributed by atoms with Gasteiger partial charge < -0.3 is 4.57 Å². The van der Waals surface area contributed by atoms with Gasteiger partial charge >= 0.3 is 0 Å². The molecule has 0 amide bonds. The number of rotatable bonds is 1. The van der Waals surface area contributed by atoms with Crippen LogP contribution in [-0.2, 0) is 12.8 Å². The summed E-state index contributed by atoms with van der Waals surface area (Å²) in [5.41, 5.74) is 8.50. The molecule has 0 unspecified atom stereocenters. The van der Waals surface area contributed by atoms with E-state index in [1.165, 1.54) is 82.1 Å². The largest absolute Gasteiger partial charge is 0.313 e. The molecule has 2 aliphatic carbocycles. The number of nitrogens with zero attached hydrogens (tertiary/aromatic N) is 1. The molecule has 1 aromatic heterocycles. The van der Waals surface area contributed by atoms with E-state index < -0.39 is 0 Å². The molecule has 0 bridgehead atoms. The first-order valence-corrected chi connectivity index (χ1v) is 14.1. The number of fused-ring (bicyclic) bond motifs is 14. The number of benzene rings is 6. The van der Waals surface area contributed by atoms with E-state index in [9.17, 15) is 0 Å². The van der Waals surface area contributed by atoms with Crippen molar-refractivity contribution in [3.8, 4) is 0 Å². The molecule has 0 atom stereocenters.